The van der Waals surface area contributed by atoms with Crippen LogP contribution in [-0.2, 0) is 9.53 Å². The maximum atomic E-state index is 12.2. The number of benzene rings is 2. The Morgan fingerprint density at radius 1 is 1.22 bits per heavy atom. The van der Waals surface area contributed by atoms with E-state index < -0.39 is 18.5 Å². The average molecular weight is 386 g/mol. The normalized spacial score (nSPS) is 11.6. The molecule has 0 aliphatic carbocycles. The standard InChI is InChI=1S/C18H16ClN5O3/c1-12(13-4-2-6-15(19)8-13)21-17(25)10-27-18(26)14-5-3-7-16(9-14)24-11-20-22-23-24/h2-9,11-12H,10H2,1H3,(H,21,25). The highest BCUT2D eigenvalue weighted by Crippen LogP contribution is 2.17. The molecule has 3 aromatic rings. The Balaban J connectivity index is 1.56. The molecule has 1 aromatic heterocycles. The van der Waals surface area contributed by atoms with Crippen molar-refractivity contribution in [2.24, 2.45) is 0 Å². The largest absolute Gasteiger partial charge is 0.452 e. The summed E-state index contributed by atoms with van der Waals surface area (Å²) in [5.41, 5.74) is 1.75. The predicted octanol–water partition coefficient (Wildman–Crippen LogP) is 2.35. The molecule has 1 unspecified atom stereocenters. The number of carbonyl (C=O) groups is 2. The number of carbonyl (C=O) groups excluding carboxylic acids is 2. The molecule has 1 amide bonds. The molecule has 3 rings (SSSR count). The molecule has 1 N–H and O–H groups in total. The number of amides is 1. The van der Waals surface area contributed by atoms with Gasteiger partial charge in [0.2, 0.25) is 0 Å². The number of nitrogens with zero attached hydrogens (tertiary/aromatic N) is 4. The Hall–Kier alpha value is -3.26. The molecule has 1 atom stereocenters. The second-order valence-electron chi connectivity index (χ2n) is 5.73. The lowest BCUT2D eigenvalue weighted by atomic mass is 10.1. The van der Waals surface area contributed by atoms with Crippen LogP contribution in [0.4, 0.5) is 0 Å². The van der Waals surface area contributed by atoms with Gasteiger partial charge in [-0.25, -0.2) is 9.48 Å². The maximum Gasteiger partial charge on any atom is 0.338 e. The molecule has 0 aliphatic heterocycles. The molecule has 1 heterocycles. The van der Waals surface area contributed by atoms with Gasteiger partial charge in [-0.15, -0.1) is 5.10 Å². The van der Waals surface area contributed by atoms with Crippen molar-refractivity contribution in [1.82, 2.24) is 25.5 Å². The summed E-state index contributed by atoms with van der Waals surface area (Å²) in [4.78, 5) is 24.2. The summed E-state index contributed by atoms with van der Waals surface area (Å²) in [6.45, 7) is 1.43. The summed E-state index contributed by atoms with van der Waals surface area (Å²) < 4.78 is 6.50. The third-order valence-corrected chi connectivity index (χ3v) is 3.99. The lowest BCUT2D eigenvalue weighted by Gasteiger charge is -2.14. The highest BCUT2D eigenvalue weighted by atomic mass is 35.5. The topological polar surface area (TPSA) is 99.0 Å². The summed E-state index contributed by atoms with van der Waals surface area (Å²) >= 11 is 5.95. The van der Waals surface area contributed by atoms with E-state index >= 15 is 0 Å². The van der Waals surface area contributed by atoms with Crippen molar-refractivity contribution >= 4 is 23.5 Å². The van der Waals surface area contributed by atoms with Gasteiger partial charge in [-0.05, 0) is 53.2 Å². The predicted molar refractivity (Wildman–Crippen MR) is 97.4 cm³/mol. The van der Waals surface area contributed by atoms with E-state index in [9.17, 15) is 9.59 Å². The van der Waals surface area contributed by atoms with Crippen molar-refractivity contribution < 1.29 is 14.3 Å². The zero-order valence-electron chi connectivity index (χ0n) is 14.4. The van der Waals surface area contributed by atoms with Crippen molar-refractivity contribution in [1.29, 1.82) is 0 Å². The van der Waals surface area contributed by atoms with E-state index in [1.807, 2.05) is 13.0 Å². The third kappa shape index (κ3) is 4.89. The van der Waals surface area contributed by atoms with Crippen molar-refractivity contribution in [2.75, 3.05) is 6.61 Å². The van der Waals surface area contributed by atoms with Gasteiger partial charge in [0.1, 0.15) is 6.33 Å². The van der Waals surface area contributed by atoms with Gasteiger partial charge in [0, 0.05) is 5.02 Å². The monoisotopic (exact) mass is 385 g/mol. The first-order chi connectivity index (χ1) is 13.0. The molecule has 8 nitrogen and oxygen atoms in total. The molecule has 0 aliphatic rings. The van der Waals surface area contributed by atoms with Crippen LogP contribution in [0.5, 0.6) is 0 Å². The van der Waals surface area contributed by atoms with Crippen molar-refractivity contribution in [2.45, 2.75) is 13.0 Å². The molecule has 9 heteroatoms. The van der Waals surface area contributed by atoms with E-state index in [4.69, 9.17) is 16.3 Å². The van der Waals surface area contributed by atoms with E-state index in [0.29, 0.717) is 16.3 Å². The number of halogens is 1. The van der Waals surface area contributed by atoms with E-state index in [1.54, 1.807) is 42.5 Å². The quantitative estimate of drug-likeness (QED) is 0.654. The molecule has 0 saturated heterocycles. The summed E-state index contributed by atoms with van der Waals surface area (Å²) in [7, 11) is 0. The van der Waals surface area contributed by atoms with Crippen LogP contribution in [-0.4, -0.2) is 38.7 Å². The molecular weight excluding hydrogens is 370 g/mol. The average Bonchev–Trinajstić information content (AvgIpc) is 3.21. The third-order valence-electron chi connectivity index (χ3n) is 3.76. The first kappa shape index (κ1) is 18.5. The van der Waals surface area contributed by atoms with E-state index in [1.165, 1.54) is 11.0 Å². The second kappa shape index (κ2) is 8.41. The minimum atomic E-state index is -0.615. The minimum absolute atomic E-state index is 0.266. The van der Waals surface area contributed by atoms with E-state index in [0.717, 1.165) is 5.56 Å². The highest BCUT2D eigenvalue weighted by Gasteiger charge is 2.14. The molecule has 138 valence electrons. The molecule has 2 aromatic carbocycles. The number of hydrogen-bond acceptors (Lipinski definition) is 6. The fraction of sp³-hybridized carbons (Fsp3) is 0.167. The SMILES string of the molecule is CC(NC(=O)COC(=O)c1cccc(-n2cnnn2)c1)c1cccc(Cl)c1. The van der Waals surface area contributed by atoms with Gasteiger partial charge >= 0.3 is 5.97 Å². The zero-order valence-corrected chi connectivity index (χ0v) is 15.1. The van der Waals surface area contributed by atoms with Crippen LogP contribution in [0.2, 0.25) is 5.02 Å². The molecule has 0 radical (unpaired) electrons. The molecule has 0 spiro atoms. The first-order valence-corrected chi connectivity index (χ1v) is 8.46. The van der Waals surface area contributed by atoms with Crippen LogP contribution in [0.25, 0.3) is 5.69 Å². The van der Waals surface area contributed by atoms with Gasteiger partial charge in [0.05, 0.1) is 17.3 Å². The smallest absolute Gasteiger partial charge is 0.338 e. The minimum Gasteiger partial charge on any atom is -0.452 e. The molecule has 27 heavy (non-hydrogen) atoms. The molecule has 0 saturated carbocycles. The highest BCUT2D eigenvalue weighted by molar-refractivity contribution is 6.30. The van der Waals surface area contributed by atoms with Crippen LogP contribution in [0.3, 0.4) is 0 Å². The van der Waals surface area contributed by atoms with Gasteiger partial charge in [0.25, 0.3) is 5.91 Å². The van der Waals surface area contributed by atoms with Gasteiger partial charge in [0.15, 0.2) is 6.61 Å². The maximum absolute atomic E-state index is 12.2. The second-order valence-corrected chi connectivity index (χ2v) is 6.16. The Morgan fingerprint density at radius 3 is 2.78 bits per heavy atom. The van der Waals surface area contributed by atoms with Gasteiger partial charge in [-0.2, -0.15) is 0 Å². The number of ether oxygens (including phenoxy) is 1. The Bertz CT molecular complexity index is 946. The fourth-order valence-electron chi connectivity index (χ4n) is 2.41. The number of rotatable bonds is 6. The Labute approximate surface area is 160 Å². The van der Waals surface area contributed by atoms with Crippen molar-refractivity contribution in [3.05, 3.63) is 71.0 Å². The van der Waals surface area contributed by atoms with Crippen LogP contribution >= 0.6 is 11.6 Å². The summed E-state index contributed by atoms with van der Waals surface area (Å²) in [6, 6.07) is 13.5. The summed E-state index contributed by atoms with van der Waals surface area (Å²) in [5.74, 6) is -1.03. The van der Waals surface area contributed by atoms with Crippen LogP contribution in [0.1, 0.15) is 28.9 Å². The number of esters is 1. The molecule has 0 bridgehead atoms. The number of hydrogen-bond donors (Lipinski definition) is 1. The van der Waals surface area contributed by atoms with Gasteiger partial charge in [-0.1, -0.05) is 29.8 Å². The number of nitrogens with one attached hydrogen (secondary N) is 1. The van der Waals surface area contributed by atoms with Gasteiger partial charge in [-0.3, -0.25) is 4.79 Å². The Morgan fingerprint density at radius 2 is 2.04 bits per heavy atom. The fourth-order valence-corrected chi connectivity index (χ4v) is 2.61. The summed E-state index contributed by atoms with van der Waals surface area (Å²) in [5, 5.41) is 14.2. The van der Waals surface area contributed by atoms with Crippen LogP contribution in [0.15, 0.2) is 54.9 Å². The molecular formula is C18H16ClN5O3. The van der Waals surface area contributed by atoms with E-state index in [-0.39, 0.29) is 6.04 Å². The Kier molecular flexibility index (Phi) is 5.77. The number of tetrazole rings is 1. The number of aromatic nitrogens is 4. The van der Waals surface area contributed by atoms with Gasteiger partial charge < -0.3 is 10.1 Å². The summed E-state index contributed by atoms with van der Waals surface area (Å²) in [6.07, 6.45) is 1.41. The van der Waals surface area contributed by atoms with Crippen molar-refractivity contribution in [3.63, 3.8) is 0 Å². The van der Waals surface area contributed by atoms with Crippen LogP contribution in [0, 0.1) is 0 Å². The van der Waals surface area contributed by atoms with Crippen molar-refractivity contribution in [3.8, 4) is 5.69 Å². The lowest BCUT2D eigenvalue weighted by Crippen LogP contribution is -2.31. The van der Waals surface area contributed by atoms with E-state index in [2.05, 4.69) is 20.8 Å². The zero-order chi connectivity index (χ0) is 19.2. The first-order valence-electron chi connectivity index (χ1n) is 8.08. The molecule has 0 fully saturated rings. The lowest BCUT2D eigenvalue weighted by molar-refractivity contribution is -0.124. The van der Waals surface area contributed by atoms with Crippen LogP contribution < -0.4 is 5.32 Å².